The Hall–Kier alpha value is -3.68. The average Bonchev–Trinajstić information content (AvgIpc) is 2.91. The smallest absolute Gasteiger partial charge is 0.337 e. The van der Waals surface area contributed by atoms with E-state index in [2.05, 4.69) is 15.4 Å². The highest BCUT2D eigenvalue weighted by Crippen LogP contribution is 2.31. The van der Waals surface area contributed by atoms with Gasteiger partial charge in [-0.2, -0.15) is 0 Å². The van der Waals surface area contributed by atoms with E-state index < -0.39 is 17.5 Å². The number of amides is 4. The van der Waals surface area contributed by atoms with Gasteiger partial charge in [-0.05, 0) is 63.2 Å². The number of esters is 1. The van der Waals surface area contributed by atoms with Crippen LogP contribution >= 0.6 is 0 Å². The molecule has 0 saturated carbocycles. The number of ether oxygens (including phenoxy) is 1. The first-order chi connectivity index (χ1) is 13.6. The molecule has 0 spiro atoms. The highest BCUT2D eigenvalue weighted by Gasteiger charge is 2.41. The molecular weight excluding hydrogens is 374 g/mol. The molecule has 1 aliphatic heterocycles. The minimum Gasteiger partial charge on any atom is -0.465 e. The summed E-state index contributed by atoms with van der Waals surface area (Å²) in [6, 6.07) is 10.2. The van der Waals surface area contributed by atoms with Gasteiger partial charge in [-0.15, -0.1) is 0 Å². The summed E-state index contributed by atoms with van der Waals surface area (Å²) < 4.78 is 4.62. The maximum atomic E-state index is 12.6. The van der Waals surface area contributed by atoms with Crippen LogP contribution in [0.4, 0.5) is 16.2 Å². The highest BCUT2D eigenvalue weighted by molar-refractivity contribution is 6.22. The Morgan fingerprint density at radius 2 is 1.41 bits per heavy atom. The lowest BCUT2D eigenvalue weighted by molar-refractivity contribution is 0.0506. The molecule has 2 N–H and O–H groups in total. The molecular formula is C21H21N3O5. The minimum atomic E-state index is -0.644. The molecule has 0 atom stereocenters. The minimum absolute atomic E-state index is 0.255. The molecule has 0 fully saturated rings. The molecule has 0 aliphatic carbocycles. The fourth-order valence-electron chi connectivity index (χ4n) is 3.03. The molecule has 1 heterocycles. The van der Waals surface area contributed by atoms with E-state index in [1.807, 2.05) is 0 Å². The number of anilines is 2. The number of rotatable bonds is 3. The van der Waals surface area contributed by atoms with Gasteiger partial charge in [0.1, 0.15) is 0 Å². The Bertz CT molecular complexity index is 1010. The number of hydrogen-bond donors (Lipinski definition) is 2. The van der Waals surface area contributed by atoms with Crippen LogP contribution in [-0.2, 0) is 4.74 Å². The van der Waals surface area contributed by atoms with Gasteiger partial charge in [0.05, 0.1) is 23.8 Å². The molecule has 8 heteroatoms. The number of nitrogens with one attached hydrogen (secondary N) is 2. The van der Waals surface area contributed by atoms with Crippen molar-refractivity contribution in [1.82, 2.24) is 4.90 Å². The largest absolute Gasteiger partial charge is 0.465 e. The average molecular weight is 395 g/mol. The summed E-state index contributed by atoms with van der Waals surface area (Å²) in [5.74, 6) is -1.21. The van der Waals surface area contributed by atoms with E-state index in [0.717, 1.165) is 0 Å². The van der Waals surface area contributed by atoms with Crippen LogP contribution in [0.2, 0.25) is 0 Å². The number of imide groups is 1. The number of carbonyl (C=O) groups is 4. The first-order valence-electron chi connectivity index (χ1n) is 8.91. The Labute approximate surface area is 167 Å². The second kappa shape index (κ2) is 7.38. The lowest BCUT2D eigenvalue weighted by Gasteiger charge is -2.29. The summed E-state index contributed by atoms with van der Waals surface area (Å²) in [6.07, 6.45) is 0. The number of carbonyl (C=O) groups excluding carboxylic acids is 4. The van der Waals surface area contributed by atoms with E-state index in [1.165, 1.54) is 36.3 Å². The first kappa shape index (κ1) is 20.1. The van der Waals surface area contributed by atoms with Crippen LogP contribution in [0.5, 0.6) is 0 Å². The summed E-state index contributed by atoms with van der Waals surface area (Å²) in [6.45, 7) is 5.35. The fraction of sp³-hybridized carbons (Fsp3) is 0.238. The summed E-state index contributed by atoms with van der Waals surface area (Å²) in [7, 11) is 1.29. The van der Waals surface area contributed by atoms with Gasteiger partial charge in [0.2, 0.25) is 0 Å². The number of nitrogens with zero attached hydrogens (tertiary/aromatic N) is 1. The Morgan fingerprint density at radius 1 is 0.862 bits per heavy atom. The lowest BCUT2D eigenvalue weighted by atomic mass is 10.1. The van der Waals surface area contributed by atoms with Gasteiger partial charge < -0.3 is 15.4 Å². The Balaban J connectivity index is 1.72. The van der Waals surface area contributed by atoms with Gasteiger partial charge in [0.25, 0.3) is 11.8 Å². The monoisotopic (exact) mass is 395 g/mol. The quantitative estimate of drug-likeness (QED) is 0.611. The third kappa shape index (κ3) is 3.96. The zero-order valence-corrected chi connectivity index (χ0v) is 16.5. The highest BCUT2D eigenvalue weighted by atomic mass is 16.5. The van der Waals surface area contributed by atoms with E-state index >= 15 is 0 Å². The number of hydrogen-bond acceptors (Lipinski definition) is 5. The third-order valence-corrected chi connectivity index (χ3v) is 4.38. The molecule has 2 aromatic rings. The summed E-state index contributed by atoms with van der Waals surface area (Å²) in [5.41, 5.74) is 1.14. The van der Waals surface area contributed by atoms with Crippen LogP contribution in [0.3, 0.4) is 0 Å². The third-order valence-electron chi connectivity index (χ3n) is 4.38. The molecule has 2 aromatic carbocycles. The van der Waals surface area contributed by atoms with Gasteiger partial charge in [0.15, 0.2) is 0 Å². The summed E-state index contributed by atoms with van der Waals surface area (Å²) in [5, 5.41) is 5.26. The zero-order chi connectivity index (χ0) is 21.3. The van der Waals surface area contributed by atoms with Gasteiger partial charge in [-0.3, -0.25) is 14.5 Å². The van der Waals surface area contributed by atoms with Crippen molar-refractivity contribution in [3.05, 3.63) is 59.2 Å². The second-order valence-corrected chi connectivity index (χ2v) is 7.52. The van der Waals surface area contributed by atoms with Gasteiger partial charge in [0, 0.05) is 16.9 Å². The van der Waals surface area contributed by atoms with Crippen molar-refractivity contribution in [2.75, 3.05) is 17.7 Å². The molecule has 0 saturated heterocycles. The van der Waals surface area contributed by atoms with Crippen molar-refractivity contribution in [3.8, 4) is 0 Å². The van der Waals surface area contributed by atoms with E-state index in [0.29, 0.717) is 22.5 Å². The van der Waals surface area contributed by atoms with Crippen molar-refractivity contribution in [2.45, 2.75) is 26.3 Å². The SMILES string of the molecule is COC(=O)c1ccc(NC(=O)Nc2ccc3c(c2)C(=O)N(C(C)(C)C)C3=O)cc1. The second-order valence-electron chi connectivity index (χ2n) is 7.52. The number of fused-ring (bicyclic) bond motifs is 1. The van der Waals surface area contributed by atoms with Crippen molar-refractivity contribution < 1.29 is 23.9 Å². The molecule has 3 rings (SSSR count). The molecule has 0 unspecified atom stereocenters. The van der Waals surface area contributed by atoms with Crippen molar-refractivity contribution >= 4 is 35.2 Å². The normalized spacial score (nSPS) is 13.2. The molecule has 150 valence electrons. The predicted molar refractivity (Wildman–Crippen MR) is 107 cm³/mol. The van der Waals surface area contributed by atoms with Gasteiger partial charge in [-0.25, -0.2) is 9.59 Å². The van der Waals surface area contributed by atoms with E-state index in [4.69, 9.17) is 0 Å². The van der Waals surface area contributed by atoms with Crippen LogP contribution in [0.15, 0.2) is 42.5 Å². The van der Waals surface area contributed by atoms with E-state index in [1.54, 1.807) is 39.0 Å². The maximum absolute atomic E-state index is 12.6. The summed E-state index contributed by atoms with van der Waals surface area (Å²) in [4.78, 5) is 50.0. The Morgan fingerprint density at radius 3 is 2.00 bits per heavy atom. The van der Waals surface area contributed by atoms with Crippen LogP contribution < -0.4 is 10.6 Å². The molecule has 8 nitrogen and oxygen atoms in total. The van der Waals surface area contributed by atoms with E-state index in [-0.39, 0.29) is 17.4 Å². The lowest BCUT2D eigenvalue weighted by Crippen LogP contribution is -2.45. The number of methoxy groups -OCH3 is 1. The van der Waals surface area contributed by atoms with Crippen molar-refractivity contribution in [1.29, 1.82) is 0 Å². The molecule has 0 aromatic heterocycles. The Kier molecular flexibility index (Phi) is 5.11. The maximum Gasteiger partial charge on any atom is 0.337 e. The van der Waals surface area contributed by atoms with E-state index in [9.17, 15) is 19.2 Å². The van der Waals surface area contributed by atoms with Crippen molar-refractivity contribution in [2.24, 2.45) is 0 Å². The zero-order valence-electron chi connectivity index (χ0n) is 16.5. The number of urea groups is 1. The van der Waals surface area contributed by atoms with Crippen molar-refractivity contribution in [3.63, 3.8) is 0 Å². The molecule has 1 aliphatic rings. The standard InChI is InChI=1S/C21H21N3O5/c1-21(2,3)24-17(25)15-10-9-14(11-16(15)18(24)26)23-20(28)22-13-7-5-12(6-8-13)19(27)29-4/h5-11H,1-4H3,(H2,22,23,28). The fourth-order valence-corrected chi connectivity index (χ4v) is 3.03. The molecule has 0 radical (unpaired) electrons. The van der Waals surface area contributed by atoms with Gasteiger partial charge in [-0.1, -0.05) is 0 Å². The topological polar surface area (TPSA) is 105 Å². The molecule has 4 amide bonds. The van der Waals surface area contributed by atoms with Crippen LogP contribution in [0, 0.1) is 0 Å². The predicted octanol–water partition coefficient (Wildman–Crippen LogP) is 3.51. The number of benzene rings is 2. The van der Waals surface area contributed by atoms with Crippen LogP contribution in [0.1, 0.15) is 51.8 Å². The van der Waals surface area contributed by atoms with Crippen LogP contribution in [-0.4, -0.2) is 41.4 Å². The first-order valence-corrected chi connectivity index (χ1v) is 8.91. The van der Waals surface area contributed by atoms with Gasteiger partial charge >= 0.3 is 12.0 Å². The molecule has 29 heavy (non-hydrogen) atoms. The summed E-state index contributed by atoms with van der Waals surface area (Å²) >= 11 is 0. The molecule has 0 bridgehead atoms. The van der Waals surface area contributed by atoms with Crippen LogP contribution in [0.25, 0.3) is 0 Å².